The van der Waals surface area contributed by atoms with Crippen molar-refractivity contribution in [2.24, 2.45) is 0 Å². The Morgan fingerprint density at radius 3 is 2.62 bits per heavy atom. The van der Waals surface area contributed by atoms with Crippen LogP contribution in [0.4, 0.5) is 5.69 Å². The molecule has 13 heavy (non-hydrogen) atoms. The number of carbonyl (C=O) groups is 1. The Bertz CT molecular complexity index is 263. The van der Waals surface area contributed by atoms with Gasteiger partial charge >= 0.3 is 51.4 Å². The van der Waals surface area contributed by atoms with Gasteiger partial charge in [-0.05, 0) is 0 Å². The van der Waals surface area contributed by atoms with Crippen LogP contribution in [-0.2, 0) is 4.79 Å². The number of anilines is 1. The largest absolute Gasteiger partial charge is 1.00 e. The predicted octanol–water partition coefficient (Wildman–Crippen LogP) is -2.79. The molecule has 0 aromatic carbocycles. The summed E-state index contributed by atoms with van der Waals surface area (Å²) in [5, 5.41) is 7.48. The molecular formula is C8H10KN3O. The molecule has 2 heterocycles. The van der Waals surface area contributed by atoms with Crippen LogP contribution >= 0.6 is 0 Å². The van der Waals surface area contributed by atoms with Crippen LogP contribution in [-0.4, -0.2) is 24.0 Å². The van der Waals surface area contributed by atoms with E-state index >= 15 is 0 Å². The van der Waals surface area contributed by atoms with Crippen molar-refractivity contribution in [3.05, 3.63) is 12.4 Å². The molecule has 0 unspecified atom stereocenters. The number of nitrogens with zero attached hydrogens (tertiary/aromatic N) is 3. The van der Waals surface area contributed by atoms with Crippen LogP contribution in [0.1, 0.15) is 12.8 Å². The molecule has 64 valence electrons. The van der Waals surface area contributed by atoms with E-state index in [2.05, 4.69) is 15.1 Å². The maximum atomic E-state index is 10.9. The zero-order valence-electron chi connectivity index (χ0n) is 7.73. The topological polar surface area (TPSA) is 47.3 Å². The fraction of sp³-hybridized carbons (Fsp3) is 0.500. The van der Waals surface area contributed by atoms with Crippen LogP contribution in [0.3, 0.4) is 0 Å². The normalized spacial score (nSPS) is 16.9. The molecular weight excluding hydrogens is 193 g/mol. The minimum Gasteiger partial charge on any atom is -0.580 e. The van der Waals surface area contributed by atoms with Crippen molar-refractivity contribution in [3.63, 3.8) is 0 Å². The summed E-state index contributed by atoms with van der Waals surface area (Å²) in [6.07, 6.45) is 4.78. The first-order valence-corrected chi connectivity index (χ1v) is 4.06. The Balaban J connectivity index is 0.000000845. The third-order valence-electron chi connectivity index (χ3n) is 2.13. The standard InChI is InChI=1S/C8H10N3O.K/c12-8-1-3-11(4-2-8)7-5-9-10-6-7;/h5-6H,1-4H2;/q-1;+1. The van der Waals surface area contributed by atoms with Crippen molar-refractivity contribution < 1.29 is 56.2 Å². The minimum atomic E-state index is 0. The van der Waals surface area contributed by atoms with Crippen molar-refractivity contribution in [1.82, 2.24) is 10.2 Å². The van der Waals surface area contributed by atoms with Crippen LogP contribution < -0.4 is 61.4 Å². The van der Waals surface area contributed by atoms with Gasteiger partial charge in [-0.3, -0.25) is 4.79 Å². The predicted molar refractivity (Wildman–Crippen MR) is 44.0 cm³/mol. The molecule has 1 aliphatic heterocycles. The zero-order chi connectivity index (χ0) is 8.39. The summed E-state index contributed by atoms with van der Waals surface area (Å²) in [5.74, 6) is 0.360. The van der Waals surface area contributed by atoms with Crippen molar-refractivity contribution in [2.75, 3.05) is 18.0 Å². The maximum Gasteiger partial charge on any atom is 1.00 e. The quantitative estimate of drug-likeness (QED) is 0.463. The van der Waals surface area contributed by atoms with E-state index < -0.39 is 0 Å². The molecule has 5 heteroatoms. The number of rotatable bonds is 1. The van der Waals surface area contributed by atoms with Crippen molar-refractivity contribution in [1.29, 1.82) is 0 Å². The second-order valence-corrected chi connectivity index (χ2v) is 2.94. The van der Waals surface area contributed by atoms with Crippen molar-refractivity contribution >= 4 is 11.5 Å². The molecule has 1 fully saturated rings. The van der Waals surface area contributed by atoms with Gasteiger partial charge in [0.15, 0.2) is 0 Å². The maximum absolute atomic E-state index is 10.9. The van der Waals surface area contributed by atoms with Crippen molar-refractivity contribution in [2.45, 2.75) is 12.8 Å². The molecule has 0 atom stereocenters. The van der Waals surface area contributed by atoms with Gasteiger partial charge in [-0.25, -0.2) is 0 Å². The van der Waals surface area contributed by atoms with E-state index in [1.165, 1.54) is 0 Å². The first-order chi connectivity index (χ1) is 5.86. The second kappa shape index (κ2) is 5.26. The number of hydrogen-bond acceptors (Lipinski definition) is 3. The Morgan fingerprint density at radius 1 is 1.38 bits per heavy atom. The minimum absolute atomic E-state index is 0. The van der Waals surface area contributed by atoms with Gasteiger partial charge in [-0.2, -0.15) is 0 Å². The van der Waals surface area contributed by atoms with Crippen LogP contribution in [0.5, 0.6) is 0 Å². The first kappa shape index (κ1) is 11.4. The summed E-state index contributed by atoms with van der Waals surface area (Å²) in [6.45, 7) is 1.62. The zero-order valence-corrected chi connectivity index (χ0v) is 10.9. The number of Topliss-reactive ketones (excluding diaryl/α,β-unsaturated/α-hetero) is 1. The number of carbonyl (C=O) groups excluding carboxylic acids is 1. The van der Waals surface area contributed by atoms with Gasteiger partial charge in [0, 0.05) is 37.8 Å². The fourth-order valence-electron chi connectivity index (χ4n) is 1.40. The van der Waals surface area contributed by atoms with Gasteiger partial charge in [0.25, 0.3) is 0 Å². The van der Waals surface area contributed by atoms with E-state index in [1.807, 2.05) is 0 Å². The molecule has 0 amide bonds. The van der Waals surface area contributed by atoms with Gasteiger partial charge in [-0.1, -0.05) is 0 Å². The van der Waals surface area contributed by atoms with Gasteiger partial charge in [0.2, 0.25) is 0 Å². The Hall–Kier alpha value is 0.316. The third kappa shape index (κ3) is 2.88. The molecule has 1 aromatic rings. The Kier molecular flexibility index (Phi) is 4.61. The summed E-state index contributed by atoms with van der Waals surface area (Å²) in [6, 6.07) is 0. The van der Waals surface area contributed by atoms with Crippen molar-refractivity contribution in [3.8, 4) is 0 Å². The summed E-state index contributed by atoms with van der Waals surface area (Å²) in [4.78, 5) is 13.1. The van der Waals surface area contributed by atoms with Gasteiger partial charge in [0.1, 0.15) is 5.78 Å². The average molecular weight is 203 g/mol. The summed E-state index contributed by atoms with van der Waals surface area (Å²) in [7, 11) is 0. The summed E-state index contributed by atoms with van der Waals surface area (Å²) >= 11 is 0. The monoisotopic (exact) mass is 203 g/mol. The molecule has 0 spiro atoms. The molecule has 0 bridgehead atoms. The van der Waals surface area contributed by atoms with E-state index in [0.29, 0.717) is 18.6 Å². The number of hydrogen-bond donors (Lipinski definition) is 0. The SMILES string of the molecule is O=C1CCN(c2cn[n-]c2)CC1.[K+]. The number of aromatic nitrogens is 2. The van der Waals surface area contributed by atoms with Gasteiger partial charge in [0.05, 0.1) is 0 Å². The van der Waals surface area contributed by atoms with Crippen LogP contribution in [0.25, 0.3) is 0 Å². The van der Waals surface area contributed by atoms with E-state index in [0.717, 1.165) is 18.8 Å². The summed E-state index contributed by atoms with van der Waals surface area (Å²) in [5.41, 5.74) is 1.03. The molecule has 0 aliphatic carbocycles. The molecule has 0 saturated carbocycles. The van der Waals surface area contributed by atoms with E-state index in [9.17, 15) is 4.79 Å². The molecule has 2 rings (SSSR count). The average Bonchev–Trinajstić information content (AvgIpc) is 2.58. The first-order valence-electron chi connectivity index (χ1n) is 4.06. The Labute approximate surface area is 119 Å². The van der Waals surface area contributed by atoms with Gasteiger partial charge < -0.3 is 15.1 Å². The fourth-order valence-corrected chi connectivity index (χ4v) is 1.40. The smallest absolute Gasteiger partial charge is 0.580 e. The number of piperidine rings is 1. The molecule has 0 radical (unpaired) electrons. The van der Waals surface area contributed by atoms with E-state index in [4.69, 9.17) is 0 Å². The van der Waals surface area contributed by atoms with Crippen LogP contribution in [0.15, 0.2) is 12.4 Å². The van der Waals surface area contributed by atoms with Crippen LogP contribution in [0.2, 0.25) is 0 Å². The second-order valence-electron chi connectivity index (χ2n) is 2.94. The molecule has 0 N–H and O–H groups in total. The molecule has 4 nitrogen and oxygen atoms in total. The molecule has 1 aliphatic rings. The number of ketones is 1. The van der Waals surface area contributed by atoms with Crippen LogP contribution in [0, 0.1) is 0 Å². The van der Waals surface area contributed by atoms with Gasteiger partial charge in [-0.15, -0.1) is 6.20 Å². The molecule has 1 saturated heterocycles. The molecule has 1 aromatic heterocycles. The third-order valence-corrected chi connectivity index (χ3v) is 2.13. The van der Waals surface area contributed by atoms with E-state index in [1.54, 1.807) is 12.4 Å². The Morgan fingerprint density at radius 2 is 2.08 bits per heavy atom. The van der Waals surface area contributed by atoms with E-state index in [-0.39, 0.29) is 51.4 Å². The summed E-state index contributed by atoms with van der Waals surface area (Å²) < 4.78 is 0.